The van der Waals surface area contributed by atoms with Crippen molar-refractivity contribution in [2.75, 3.05) is 0 Å². The fraction of sp³-hybridized carbons (Fsp3) is 0.250. The Bertz CT molecular complexity index is 296. The van der Waals surface area contributed by atoms with Crippen molar-refractivity contribution in [3.63, 3.8) is 0 Å². The average Bonchev–Trinajstić information content (AvgIpc) is 2.04. The molecule has 2 N–H and O–H groups in total. The van der Waals surface area contributed by atoms with E-state index in [0.29, 0.717) is 0 Å². The number of carboxylic acid groups (broad SMARTS) is 1. The molecule has 1 heterocycles. The zero-order chi connectivity index (χ0) is 9.14. The summed E-state index contributed by atoms with van der Waals surface area (Å²) >= 11 is 0. The molecule has 1 aromatic rings. The van der Waals surface area contributed by atoms with Crippen molar-refractivity contribution in [2.24, 2.45) is 0 Å². The number of aromatic nitrogens is 1. The molecule has 0 bridgehead atoms. The van der Waals surface area contributed by atoms with E-state index in [1.165, 1.54) is 25.3 Å². The predicted molar refractivity (Wildman–Crippen MR) is 41.8 cm³/mol. The molecule has 1 aromatic heterocycles. The van der Waals surface area contributed by atoms with Crippen LogP contribution in [0.4, 0.5) is 0 Å². The monoisotopic (exact) mass is 167 g/mol. The largest absolute Gasteiger partial charge is 0.478 e. The smallest absolute Gasteiger partial charge is 0.337 e. The number of hydrogen-bond acceptors (Lipinski definition) is 3. The normalized spacial score (nSPS) is 12.5. The lowest BCUT2D eigenvalue weighted by Crippen LogP contribution is -2.06. The molecule has 1 rings (SSSR count). The Balaban J connectivity index is 3.17. The molecule has 0 aromatic carbocycles. The molecule has 0 aliphatic rings. The molecule has 0 aliphatic heterocycles. The molecule has 0 fully saturated rings. The van der Waals surface area contributed by atoms with E-state index in [0.717, 1.165) is 0 Å². The van der Waals surface area contributed by atoms with Crippen LogP contribution in [-0.4, -0.2) is 21.2 Å². The van der Waals surface area contributed by atoms with Crippen molar-refractivity contribution in [1.29, 1.82) is 0 Å². The van der Waals surface area contributed by atoms with Gasteiger partial charge in [0.25, 0.3) is 0 Å². The minimum absolute atomic E-state index is 0.0486. The predicted octanol–water partition coefficient (Wildman–Crippen LogP) is 0.833. The standard InChI is InChI=1S/C8H9NO3/c1-5(10)7-6(8(11)12)3-2-4-9-7/h2-5,10H,1H3,(H,11,12)/t5-/m1/s1. The van der Waals surface area contributed by atoms with Crippen LogP contribution >= 0.6 is 0 Å². The molecule has 12 heavy (non-hydrogen) atoms. The first-order valence-electron chi connectivity index (χ1n) is 3.49. The van der Waals surface area contributed by atoms with Crippen LogP contribution in [0.15, 0.2) is 18.3 Å². The highest BCUT2D eigenvalue weighted by Crippen LogP contribution is 2.13. The van der Waals surface area contributed by atoms with Gasteiger partial charge < -0.3 is 10.2 Å². The zero-order valence-electron chi connectivity index (χ0n) is 6.56. The molecule has 4 nitrogen and oxygen atoms in total. The van der Waals surface area contributed by atoms with E-state index in [2.05, 4.69) is 4.98 Å². The van der Waals surface area contributed by atoms with Crippen molar-refractivity contribution < 1.29 is 15.0 Å². The second kappa shape index (κ2) is 3.32. The van der Waals surface area contributed by atoms with Crippen molar-refractivity contribution in [2.45, 2.75) is 13.0 Å². The third-order valence-corrected chi connectivity index (χ3v) is 1.46. The average molecular weight is 167 g/mol. The topological polar surface area (TPSA) is 70.4 Å². The number of carbonyl (C=O) groups is 1. The lowest BCUT2D eigenvalue weighted by atomic mass is 10.1. The maximum atomic E-state index is 10.6. The van der Waals surface area contributed by atoms with E-state index in [-0.39, 0.29) is 11.3 Å². The highest BCUT2D eigenvalue weighted by atomic mass is 16.4. The Labute approximate surface area is 69.5 Å². The van der Waals surface area contributed by atoms with E-state index in [1.54, 1.807) is 0 Å². The van der Waals surface area contributed by atoms with Crippen molar-refractivity contribution in [1.82, 2.24) is 4.98 Å². The summed E-state index contributed by atoms with van der Waals surface area (Å²) in [6.45, 7) is 1.48. The summed E-state index contributed by atoms with van der Waals surface area (Å²) in [5.74, 6) is -1.07. The third-order valence-electron chi connectivity index (χ3n) is 1.46. The lowest BCUT2D eigenvalue weighted by Gasteiger charge is -2.05. The molecule has 0 unspecified atom stereocenters. The van der Waals surface area contributed by atoms with Gasteiger partial charge in [0.05, 0.1) is 17.4 Å². The molecular weight excluding hydrogens is 158 g/mol. The van der Waals surface area contributed by atoms with Gasteiger partial charge in [0.15, 0.2) is 0 Å². The second-order valence-corrected chi connectivity index (χ2v) is 2.42. The molecule has 0 radical (unpaired) electrons. The number of pyridine rings is 1. The van der Waals surface area contributed by atoms with Gasteiger partial charge in [-0.2, -0.15) is 0 Å². The van der Waals surface area contributed by atoms with E-state index < -0.39 is 12.1 Å². The Morgan fingerprint density at radius 3 is 2.75 bits per heavy atom. The van der Waals surface area contributed by atoms with Crippen LogP contribution in [0, 0.1) is 0 Å². The summed E-state index contributed by atoms with van der Waals surface area (Å²) in [6, 6.07) is 2.94. The zero-order valence-corrected chi connectivity index (χ0v) is 6.56. The number of nitrogens with zero attached hydrogens (tertiary/aromatic N) is 1. The fourth-order valence-electron chi connectivity index (χ4n) is 0.931. The van der Waals surface area contributed by atoms with E-state index in [1.807, 2.05) is 0 Å². The third kappa shape index (κ3) is 1.60. The van der Waals surface area contributed by atoms with Gasteiger partial charge >= 0.3 is 5.97 Å². The van der Waals surface area contributed by atoms with Gasteiger partial charge in [-0.3, -0.25) is 4.98 Å². The molecule has 4 heteroatoms. The minimum atomic E-state index is -1.07. The molecule has 0 aliphatic carbocycles. The minimum Gasteiger partial charge on any atom is -0.478 e. The first-order chi connectivity index (χ1) is 5.63. The summed E-state index contributed by atoms with van der Waals surface area (Å²) in [7, 11) is 0. The van der Waals surface area contributed by atoms with Crippen LogP contribution < -0.4 is 0 Å². The number of rotatable bonds is 2. The lowest BCUT2D eigenvalue weighted by molar-refractivity contribution is 0.0689. The summed E-state index contributed by atoms with van der Waals surface area (Å²) in [5, 5.41) is 17.8. The molecule has 1 atom stereocenters. The van der Waals surface area contributed by atoms with Crippen LogP contribution in [0.1, 0.15) is 29.1 Å². The Morgan fingerprint density at radius 1 is 1.67 bits per heavy atom. The number of aliphatic hydroxyl groups is 1. The van der Waals surface area contributed by atoms with Crippen LogP contribution in [-0.2, 0) is 0 Å². The van der Waals surface area contributed by atoms with Crippen LogP contribution in [0.2, 0.25) is 0 Å². The molecule has 0 spiro atoms. The van der Waals surface area contributed by atoms with Crippen LogP contribution in [0.3, 0.4) is 0 Å². The van der Waals surface area contributed by atoms with Crippen molar-refractivity contribution >= 4 is 5.97 Å². The van der Waals surface area contributed by atoms with Gasteiger partial charge in [-0.15, -0.1) is 0 Å². The quantitative estimate of drug-likeness (QED) is 0.684. The van der Waals surface area contributed by atoms with Gasteiger partial charge in [-0.05, 0) is 19.1 Å². The summed E-state index contributed by atoms with van der Waals surface area (Å²) < 4.78 is 0. The number of hydrogen-bond donors (Lipinski definition) is 2. The summed E-state index contributed by atoms with van der Waals surface area (Å²) in [6.07, 6.45) is 0.603. The van der Waals surface area contributed by atoms with Gasteiger partial charge in [-0.1, -0.05) is 0 Å². The molecule has 0 saturated carbocycles. The van der Waals surface area contributed by atoms with Gasteiger partial charge in [-0.25, -0.2) is 4.79 Å². The molecule has 64 valence electrons. The summed E-state index contributed by atoms with van der Waals surface area (Å²) in [5.41, 5.74) is 0.248. The molecular formula is C8H9NO3. The number of aliphatic hydroxyl groups excluding tert-OH is 1. The number of aromatic carboxylic acids is 1. The Hall–Kier alpha value is -1.42. The van der Waals surface area contributed by atoms with Gasteiger partial charge in [0.1, 0.15) is 0 Å². The second-order valence-electron chi connectivity index (χ2n) is 2.42. The van der Waals surface area contributed by atoms with E-state index >= 15 is 0 Å². The van der Waals surface area contributed by atoms with Crippen LogP contribution in [0.25, 0.3) is 0 Å². The summed E-state index contributed by atoms with van der Waals surface area (Å²) in [4.78, 5) is 14.3. The maximum absolute atomic E-state index is 10.6. The SMILES string of the molecule is C[C@@H](O)c1ncccc1C(=O)O. The number of carboxylic acids is 1. The van der Waals surface area contributed by atoms with E-state index in [4.69, 9.17) is 10.2 Å². The maximum Gasteiger partial charge on any atom is 0.337 e. The fourth-order valence-corrected chi connectivity index (χ4v) is 0.931. The highest BCUT2D eigenvalue weighted by Gasteiger charge is 2.13. The molecule has 0 saturated heterocycles. The van der Waals surface area contributed by atoms with Crippen LogP contribution in [0.5, 0.6) is 0 Å². The van der Waals surface area contributed by atoms with Crippen molar-refractivity contribution in [3.05, 3.63) is 29.6 Å². The van der Waals surface area contributed by atoms with Crippen molar-refractivity contribution in [3.8, 4) is 0 Å². The van der Waals surface area contributed by atoms with E-state index in [9.17, 15) is 4.79 Å². The Kier molecular flexibility index (Phi) is 2.40. The van der Waals surface area contributed by atoms with Gasteiger partial charge in [0, 0.05) is 6.20 Å². The Morgan fingerprint density at radius 2 is 2.33 bits per heavy atom. The first kappa shape index (κ1) is 8.67. The first-order valence-corrected chi connectivity index (χ1v) is 3.49. The molecule has 0 amide bonds. The van der Waals surface area contributed by atoms with Gasteiger partial charge in [0.2, 0.25) is 0 Å². The highest BCUT2D eigenvalue weighted by molar-refractivity contribution is 5.88.